The molecule has 0 radical (unpaired) electrons. The molecule has 0 bridgehead atoms. The highest BCUT2D eigenvalue weighted by Gasteiger charge is 2.27. The number of thiophene rings is 1. The van der Waals surface area contributed by atoms with Gasteiger partial charge in [-0.15, -0.1) is 21.5 Å². The summed E-state index contributed by atoms with van der Waals surface area (Å²) < 4.78 is 2.34. The van der Waals surface area contributed by atoms with Crippen LogP contribution in [-0.4, -0.2) is 43.9 Å². The summed E-state index contributed by atoms with van der Waals surface area (Å²) in [4.78, 5) is 15.9. The Kier molecular flexibility index (Phi) is 7.35. The van der Waals surface area contributed by atoms with E-state index >= 15 is 0 Å². The lowest BCUT2D eigenvalue weighted by Crippen LogP contribution is -2.36. The van der Waals surface area contributed by atoms with Crippen LogP contribution in [-0.2, 0) is 11.2 Å². The molecule has 3 rings (SSSR count). The number of thioether (sulfide) groups is 1. The van der Waals surface area contributed by atoms with E-state index in [2.05, 4.69) is 32.3 Å². The minimum Gasteiger partial charge on any atom is -0.342 e. The standard InChI is InChI=1S/C20H30N4OS2/c1-4-23(5-2)19(25)15(3)27-20-22-21-18(14-17-12-9-13-26-17)24(20)16-10-7-6-8-11-16/h9,12-13,15-16H,4-8,10-11,14H2,1-3H3. The summed E-state index contributed by atoms with van der Waals surface area (Å²) in [6.45, 7) is 7.55. The zero-order valence-electron chi connectivity index (χ0n) is 16.6. The van der Waals surface area contributed by atoms with Gasteiger partial charge >= 0.3 is 0 Å². The van der Waals surface area contributed by atoms with Gasteiger partial charge in [0, 0.05) is 30.4 Å². The summed E-state index contributed by atoms with van der Waals surface area (Å²) in [5, 5.41) is 11.9. The molecule has 1 atom stereocenters. The molecule has 1 fully saturated rings. The van der Waals surface area contributed by atoms with Crippen LogP contribution in [0.5, 0.6) is 0 Å². The average Bonchev–Trinajstić information content (AvgIpc) is 3.34. The average molecular weight is 407 g/mol. The van der Waals surface area contributed by atoms with E-state index in [1.54, 1.807) is 23.1 Å². The summed E-state index contributed by atoms with van der Waals surface area (Å²) in [7, 11) is 0. The molecular weight excluding hydrogens is 376 g/mol. The van der Waals surface area contributed by atoms with Crippen molar-refractivity contribution >= 4 is 29.0 Å². The Morgan fingerprint density at radius 3 is 2.67 bits per heavy atom. The fourth-order valence-electron chi connectivity index (χ4n) is 3.78. The second-order valence-electron chi connectivity index (χ2n) is 7.09. The maximum absolute atomic E-state index is 12.7. The quantitative estimate of drug-likeness (QED) is 0.592. The van der Waals surface area contributed by atoms with E-state index in [9.17, 15) is 4.79 Å². The molecule has 2 heterocycles. The molecule has 0 N–H and O–H groups in total. The molecule has 0 aromatic carbocycles. The van der Waals surface area contributed by atoms with Crippen molar-refractivity contribution in [2.75, 3.05) is 13.1 Å². The fraction of sp³-hybridized carbons (Fsp3) is 0.650. The Labute approximate surface area is 170 Å². The molecule has 2 aromatic rings. The molecule has 2 aromatic heterocycles. The van der Waals surface area contributed by atoms with Crippen LogP contribution in [0.25, 0.3) is 0 Å². The van der Waals surface area contributed by atoms with Crippen molar-refractivity contribution in [1.29, 1.82) is 0 Å². The van der Waals surface area contributed by atoms with Crippen LogP contribution in [0, 0.1) is 0 Å². The molecule has 1 amide bonds. The first kappa shape index (κ1) is 20.4. The summed E-state index contributed by atoms with van der Waals surface area (Å²) in [5.74, 6) is 1.22. The number of hydrogen-bond acceptors (Lipinski definition) is 5. The molecule has 0 saturated heterocycles. The maximum atomic E-state index is 12.7. The van der Waals surface area contributed by atoms with Gasteiger partial charge in [-0.25, -0.2) is 0 Å². The number of hydrogen-bond donors (Lipinski definition) is 0. The predicted molar refractivity (Wildman–Crippen MR) is 113 cm³/mol. The minimum atomic E-state index is -0.147. The van der Waals surface area contributed by atoms with E-state index < -0.39 is 0 Å². The molecule has 5 nitrogen and oxygen atoms in total. The van der Waals surface area contributed by atoms with E-state index in [4.69, 9.17) is 0 Å². The van der Waals surface area contributed by atoms with Crippen LogP contribution < -0.4 is 0 Å². The van der Waals surface area contributed by atoms with E-state index in [1.807, 2.05) is 25.7 Å². The molecule has 1 aliphatic carbocycles. The topological polar surface area (TPSA) is 51.0 Å². The molecule has 7 heteroatoms. The van der Waals surface area contributed by atoms with Gasteiger partial charge in [-0.05, 0) is 45.1 Å². The third-order valence-electron chi connectivity index (χ3n) is 5.29. The van der Waals surface area contributed by atoms with E-state index in [1.165, 1.54) is 37.0 Å². The van der Waals surface area contributed by atoms with Crippen LogP contribution in [0.15, 0.2) is 22.7 Å². The van der Waals surface area contributed by atoms with Gasteiger partial charge in [0.15, 0.2) is 5.16 Å². The van der Waals surface area contributed by atoms with Crippen molar-refractivity contribution in [2.45, 2.75) is 75.7 Å². The first-order valence-electron chi connectivity index (χ1n) is 10.1. The Morgan fingerprint density at radius 2 is 2.04 bits per heavy atom. The lowest BCUT2D eigenvalue weighted by molar-refractivity contribution is -0.129. The van der Waals surface area contributed by atoms with Crippen molar-refractivity contribution in [3.05, 3.63) is 28.2 Å². The number of aromatic nitrogens is 3. The van der Waals surface area contributed by atoms with E-state index in [0.29, 0.717) is 6.04 Å². The summed E-state index contributed by atoms with van der Waals surface area (Å²) >= 11 is 3.33. The van der Waals surface area contributed by atoms with Crippen LogP contribution in [0.2, 0.25) is 0 Å². The first-order chi connectivity index (χ1) is 13.1. The van der Waals surface area contributed by atoms with Gasteiger partial charge in [-0.2, -0.15) is 0 Å². The second-order valence-corrected chi connectivity index (χ2v) is 9.43. The van der Waals surface area contributed by atoms with Crippen LogP contribution in [0.1, 0.15) is 69.6 Å². The van der Waals surface area contributed by atoms with Crippen molar-refractivity contribution in [3.63, 3.8) is 0 Å². The SMILES string of the molecule is CCN(CC)C(=O)C(C)Sc1nnc(Cc2cccs2)n1C1CCCCC1. The molecule has 0 spiro atoms. The number of nitrogens with zero attached hydrogens (tertiary/aromatic N) is 4. The van der Waals surface area contributed by atoms with E-state index in [0.717, 1.165) is 30.5 Å². The molecule has 1 saturated carbocycles. The third kappa shape index (κ3) is 4.93. The van der Waals surface area contributed by atoms with Gasteiger partial charge in [0.25, 0.3) is 0 Å². The van der Waals surface area contributed by atoms with Gasteiger partial charge in [-0.1, -0.05) is 37.1 Å². The molecule has 1 unspecified atom stereocenters. The highest BCUT2D eigenvalue weighted by Crippen LogP contribution is 2.34. The van der Waals surface area contributed by atoms with Gasteiger partial charge in [-0.3, -0.25) is 4.79 Å². The van der Waals surface area contributed by atoms with Crippen molar-refractivity contribution in [2.24, 2.45) is 0 Å². The Morgan fingerprint density at radius 1 is 1.30 bits per heavy atom. The Hall–Kier alpha value is -1.34. The van der Waals surface area contributed by atoms with Crippen molar-refractivity contribution in [3.8, 4) is 0 Å². The summed E-state index contributed by atoms with van der Waals surface area (Å²) in [6.07, 6.45) is 7.03. The van der Waals surface area contributed by atoms with Crippen LogP contribution in [0.4, 0.5) is 0 Å². The van der Waals surface area contributed by atoms with Crippen molar-refractivity contribution < 1.29 is 4.79 Å². The largest absolute Gasteiger partial charge is 0.342 e. The normalized spacial score (nSPS) is 16.4. The lowest BCUT2D eigenvalue weighted by atomic mass is 9.95. The molecule has 27 heavy (non-hydrogen) atoms. The van der Waals surface area contributed by atoms with Gasteiger partial charge in [0.2, 0.25) is 5.91 Å². The highest BCUT2D eigenvalue weighted by atomic mass is 32.2. The third-order valence-corrected chi connectivity index (χ3v) is 7.21. The van der Waals surface area contributed by atoms with Gasteiger partial charge in [0.1, 0.15) is 5.82 Å². The monoisotopic (exact) mass is 406 g/mol. The molecular formula is C20H30N4OS2. The van der Waals surface area contributed by atoms with E-state index in [-0.39, 0.29) is 11.2 Å². The van der Waals surface area contributed by atoms with Gasteiger partial charge in [0.05, 0.1) is 5.25 Å². The lowest BCUT2D eigenvalue weighted by Gasteiger charge is -2.27. The maximum Gasteiger partial charge on any atom is 0.235 e. The first-order valence-corrected chi connectivity index (χ1v) is 11.8. The molecule has 148 valence electrons. The number of amides is 1. The zero-order valence-corrected chi connectivity index (χ0v) is 18.2. The Bertz CT molecular complexity index is 718. The van der Waals surface area contributed by atoms with Crippen molar-refractivity contribution in [1.82, 2.24) is 19.7 Å². The molecule has 1 aliphatic rings. The minimum absolute atomic E-state index is 0.147. The van der Waals surface area contributed by atoms with Crippen LogP contribution >= 0.6 is 23.1 Å². The number of carbonyl (C=O) groups excluding carboxylic acids is 1. The summed E-state index contributed by atoms with van der Waals surface area (Å²) in [5.41, 5.74) is 0. The Balaban J connectivity index is 1.83. The van der Waals surface area contributed by atoms with Gasteiger partial charge < -0.3 is 9.47 Å². The fourth-order valence-corrected chi connectivity index (χ4v) is 5.51. The highest BCUT2D eigenvalue weighted by molar-refractivity contribution is 8.00. The van der Waals surface area contributed by atoms with Crippen LogP contribution in [0.3, 0.4) is 0 Å². The summed E-state index contributed by atoms with van der Waals surface area (Å²) in [6, 6.07) is 4.70. The predicted octanol–water partition coefficient (Wildman–Crippen LogP) is 4.78. The second kappa shape index (κ2) is 9.73. The smallest absolute Gasteiger partial charge is 0.235 e. The zero-order chi connectivity index (χ0) is 19.2. The number of rotatable bonds is 8. The number of carbonyl (C=O) groups is 1. The molecule has 0 aliphatic heterocycles.